The SMILES string of the molecule is O=C(O)[C@H]1C(C(=O)N(CCO)c2cc(Cl)cc(Cl)c2)[C@H]2CC(F)(F)CN2[C@]12C(=O)Nc1c(Cl)cc(Cl)cc12. The minimum atomic E-state index is -3.33. The predicted molar refractivity (Wildman–Crippen MR) is 137 cm³/mol. The summed E-state index contributed by atoms with van der Waals surface area (Å²) in [6.45, 7) is -1.81. The van der Waals surface area contributed by atoms with Gasteiger partial charge < -0.3 is 20.4 Å². The Kier molecular flexibility index (Phi) is 6.81. The van der Waals surface area contributed by atoms with Crippen LogP contribution in [0.3, 0.4) is 0 Å². The normalized spacial score (nSPS) is 27.3. The summed E-state index contributed by atoms with van der Waals surface area (Å²) in [6.07, 6.45) is -0.866. The monoisotopic (exact) mass is 607 g/mol. The molecule has 3 aliphatic rings. The average Bonchev–Trinajstić information content (AvgIpc) is 3.37. The fraction of sp³-hybridized carbons (Fsp3) is 0.375. The summed E-state index contributed by atoms with van der Waals surface area (Å²) in [5.41, 5.74) is -2.02. The highest BCUT2D eigenvalue weighted by molar-refractivity contribution is 6.38. The largest absolute Gasteiger partial charge is 0.481 e. The van der Waals surface area contributed by atoms with Crippen molar-refractivity contribution in [2.24, 2.45) is 11.8 Å². The first-order valence-corrected chi connectivity index (χ1v) is 12.9. The van der Waals surface area contributed by atoms with Gasteiger partial charge in [0.2, 0.25) is 5.91 Å². The van der Waals surface area contributed by atoms with E-state index in [2.05, 4.69) is 5.32 Å². The van der Waals surface area contributed by atoms with Crippen molar-refractivity contribution in [2.45, 2.75) is 23.9 Å². The maximum atomic E-state index is 14.9. The van der Waals surface area contributed by atoms with E-state index in [1.807, 2.05) is 0 Å². The number of nitrogens with zero attached hydrogens (tertiary/aromatic N) is 2. The molecule has 0 saturated carbocycles. The third kappa shape index (κ3) is 4.04. The number of hydrogen-bond donors (Lipinski definition) is 3. The summed E-state index contributed by atoms with van der Waals surface area (Å²) in [6, 6.07) is 5.45. The Morgan fingerprint density at radius 2 is 1.71 bits per heavy atom. The number of benzene rings is 2. The number of hydrogen-bond acceptors (Lipinski definition) is 5. The summed E-state index contributed by atoms with van der Waals surface area (Å²) < 4.78 is 29.9. The van der Waals surface area contributed by atoms with Crippen molar-refractivity contribution in [3.05, 3.63) is 56.0 Å². The van der Waals surface area contributed by atoms with Gasteiger partial charge in [-0.05, 0) is 30.3 Å². The molecule has 14 heteroatoms. The molecule has 2 aromatic carbocycles. The number of carbonyl (C=O) groups is 3. The van der Waals surface area contributed by atoms with Gasteiger partial charge in [0.25, 0.3) is 11.8 Å². The molecule has 202 valence electrons. The van der Waals surface area contributed by atoms with Crippen LogP contribution in [0.15, 0.2) is 30.3 Å². The van der Waals surface area contributed by atoms with E-state index in [1.165, 1.54) is 30.3 Å². The van der Waals surface area contributed by atoms with Crippen LogP contribution in [0.2, 0.25) is 20.1 Å². The molecule has 2 aromatic rings. The number of nitrogens with one attached hydrogen (secondary N) is 1. The van der Waals surface area contributed by atoms with Gasteiger partial charge in [0, 0.05) is 45.3 Å². The number of alkyl halides is 2. The zero-order valence-electron chi connectivity index (χ0n) is 19.2. The minimum absolute atomic E-state index is 0.00454. The molecule has 2 fully saturated rings. The van der Waals surface area contributed by atoms with Crippen molar-refractivity contribution in [3.63, 3.8) is 0 Å². The number of carboxylic acid groups (broad SMARTS) is 1. The highest BCUT2D eigenvalue weighted by atomic mass is 35.5. The summed E-state index contributed by atoms with van der Waals surface area (Å²) in [7, 11) is 0. The van der Waals surface area contributed by atoms with Crippen LogP contribution < -0.4 is 10.2 Å². The molecule has 38 heavy (non-hydrogen) atoms. The van der Waals surface area contributed by atoms with E-state index in [4.69, 9.17) is 46.4 Å². The Morgan fingerprint density at radius 3 is 2.32 bits per heavy atom. The third-order valence-electron chi connectivity index (χ3n) is 7.34. The van der Waals surface area contributed by atoms with E-state index in [1.54, 1.807) is 0 Å². The number of aliphatic carboxylic acids is 1. The third-order valence-corrected chi connectivity index (χ3v) is 8.29. The second-order valence-electron chi connectivity index (χ2n) is 9.47. The number of rotatable bonds is 5. The summed E-state index contributed by atoms with van der Waals surface area (Å²) in [4.78, 5) is 42.8. The van der Waals surface area contributed by atoms with E-state index >= 15 is 0 Å². The fourth-order valence-corrected chi connectivity index (χ4v) is 7.18. The van der Waals surface area contributed by atoms with Gasteiger partial charge in [0.05, 0.1) is 29.8 Å². The number of carboxylic acids is 1. The summed E-state index contributed by atoms with van der Waals surface area (Å²) in [5, 5.41) is 23.1. The molecule has 3 N–H and O–H groups in total. The molecule has 1 unspecified atom stereocenters. The van der Waals surface area contributed by atoms with Crippen molar-refractivity contribution in [2.75, 3.05) is 29.9 Å². The molecule has 2 amide bonds. The molecule has 2 saturated heterocycles. The number of halogens is 6. The average molecular weight is 609 g/mol. The van der Waals surface area contributed by atoms with Gasteiger partial charge in [-0.25, -0.2) is 8.78 Å². The molecule has 0 bridgehead atoms. The van der Waals surface area contributed by atoms with E-state index in [-0.39, 0.29) is 43.6 Å². The number of aliphatic hydroxyl groups is 1. The Morgan fingerprint density at radius 1 is 1.08 bits per heavy atom. The molecule has 1 spiro atoms. The lowest BCUT2D eigenvalue weighted by Crippen LogP contribution is -2.54. The second-order valence-corrected chi connectivity index (χ2v) is 11.2. The minimum Gasteiger partial charge on any atom is -0.481 e. The molecule has 8 nitrogen and oxygen atoms in total. The molecular weight excluding hydrogens is 590 g/mol. The maximum absolute atomic E-state index is 14.9. The van der Waals surface area contributed by atoms with Crippen LogP contribution in [0, 0.1) is 11.8 Å². The second kappa shape index (κ2) is 9.46. The van der Waals surface area contributed by atoms with Gasteiger partial charge in [-0.3, -0.25) is 19.3 Å². The van der Waals surface area contributed by atoms with Crippen molar-refractivity contribution in [1.82, 2.24) is 4.90 Å². The van der Waals surface area contributed by atoms with Gasteiger partial charge in [-0.1, -0.05) is 46.4 Å². The fourth-order valence-electron chi connectivity index (χ4n) is 6.12. The van der Waals surface area contributed by atoms with E-state index in [9.17, 15) is 33.4 Å². The number of carbonyl (C=O) groups excluding carboxylic acids is 2. The maximum Gasteiger partial charge on any atom is 0.310 e. The van der Waals surface area contributed by atoms with E-state index in [0.29, 0.717) is 0 Å². The first-order chi connectivity index (χ1) is 17.8. The van der Waals surface area contributed by atoms with Crippen molar-refractivity contribution < 1.29 is 33.4 Å². The van der Waals surface area contributed by atoms with Crippen molar-refractivity contribution in [3.8, 4) is 0 Å². The summed E-state index contributed by atoms with van der Waals surface area (Å²) >= 11 is 24.7. The Hall–Kier alpha value is -2.21. The van der Waals surface area contributed by atoms with Gasteiger partial charge in [0.1, 0.15) is 11.5 Å². The topological polar surface area (TPSA) is 110 Å². The zero-order chi connectivity index (χ0) is 27.7. The number of fused-ring (bicyclic) bond motifs is 4. The number of amides is 2. The van der Waals surface area contributed by atoms with Gasteiger partial charge in [-0.2, -0.15) is 0 Å². The quantitative estimate of drug-likeness (QED) is 0.461. The molecule has 0 aromatic heterocycles. The van der Waals surface area contributed by atoms with Crippen LogP contribution in [0.5, 0.6) is 0 Å². The smallest absolute Gasteiger partial charge is 0.310 e. The Bertz CT molecular complexity index is 1360. The number of aliphatic hydroxyl groups excluding tert-OH is 1. The Labute approximate surface area is 235 Å². The standard InChI is InChI=1S/C24H19Cl4F2N3O5/c25-10-3-11(26)5-13(4-10)32(1-2-34)20(35)17-16-8-23(29,30)9-33(16)24(18(17)21(36)37)14-6-12(27)7-15(28)19(14)31-22(24)38/h3-7,16-18,34H,1-2,8-9H2,(H,31,38)(H,36,37)/t16-,17?,18-,24+/m1/s1. The van der Waals surface area contributed by atoms with Gasteiger partial charge in [-0.15, -0.1) is 0 Å². The van der Waals surface area contributed by atoms with E-state index in [0.717, 1.165) is 9.80 Å². The van der Waals surface area contributed by atoms with Crippen LogP contribution in [0.1, 0.15) is 12.0 Å². The Balaban J connectivity index is 1.73. The molecule has 4 atom stereocenters. The van der Waals surface area contributed by atoms with Crippen LogP contribution in [0.25, 0.3) is 0 Å². The van der Waals surface area contributed by atoms with Crippen molar-refractivity contribution >= 4 is 75.6 Å². The lowest BCUT2D eigenvalue weighted by molar-refractivity contribution is -0.153. The lowest BCUT2D eigenvalue weighted by atomic mass is 9.73. The molecular formula is C24H19Cl4F2N3O5. The number of anilines is 2. The van der Waals surface area contributed by atoms with Gasteiger partial charge in [0.15, 0.2) is 0 Å². The molecule has 0 aliphatic carbocycles. The predicted octanol–water partition coefficient (Wildman–Crippen LogP) is 4.51. The van der Waals surface area contributed by atoms with Crippen LogP contribution >= 0.6 is 46.4 Å². The lowest BCUT2D eigenvalue weighted by Gasteiger charge is -2.36. The first-order valence-electron chi connectivity index (χ1n) is 11.4. The molecule has 0 radical (unpaired) electrons. The van der Waals surface area contributed by atoms with E-state index < -0.39 is 66.7 Å². The zero-order valence-corrected chi connectivity index (χ0v) is 22.3. The van der Waals surface area contributed by atoms with Gasteiger partial charge >= 0.3 is 5.97 Å². The highest BCUT2D eigenvalue weighted by Gasteiger charge is 2.74. The van der Waals surface area contributed by atoms with Crippen LogP contribution in [-0.2, 0) is 19.9 Å². The first kappa shape index (κ1) is 27.4. The molecule has 5 rings (SSSR count). The summed E-state index contributed by atoms with van der Waals surface area (Å²) in [5.74, 6) is -10.1. The van der Waals surface area contributed by atoms with Crippen molar-refractivity contribution in [1.29, 1.82) is 0 Å². The van der Waals surface area contributed by atoms with Crippen LogP contribution in [0.4, 0.5) is 20.2 Å². The molecule has 3 heterocycles. The van der Waals surface area contributed by atoms with Crippen LogP contribution in [-0.4, -0.2) is 64.6 Å². The molecule has 3 aliphatic heterocycles. The highest BCUT2D eigenvalue weighted by Crippen LogP contribution is 2.61.